The molecule has 0 aromatic heterocycles. The normalized spacial score (nSPS) is 34.2. The molecule has 210 valence electrons. The van der Waals surface area contributed by atoms with Crippen LogP contribution in [0.25, 0.3) is 0 Å². The number of phenols is 1. The van der Waals surface area contributed by atoms with E-state index in [0.717, 1.165) is 19.4 Å². The van der Waals surface area contributed by atoms with Crippen molar-refractivity contribution in [2.75, 3.05) is 20.6 Å². The van der Waals surface area contributed by atoms with Gasteiger partial charge in [0, 0.05) is 29.1 Å². The second-order valence-corrected chi connectivity index (χ2v) is 12.3. The minimum atomic E-state index is -2.80. The summed E-state index contributed by atoms with van der Waals surface area (Å²) in [6.45, 7) is 5.14. The number of Topliss-reactive ketones (excluding diaryl/α,β-unsaturated/α-hetero) is 4. The molecule has 1 heterocycles. The fourth-order valence-electron chi connectivity index (χ4n) is 7.48. The van der Waals surface area contributed by atoms with Gasteiger partial charge < -0.3 is 15.9 Å². The van der Waals surface area contributed by atoms with E-state index in [0.29, 0.717) is 0 Å². The van der Waals surface area contributed by atoms with Crippen molar-refractivity contribution in [1.82, 2.24) is 9.80 Å². The number of likely N-dealkylation sites (tertiary alicyclic amines) is 1. The zero-order chi connectivity index (χ0) is 28.8. The third-order valence-electron chi connectivity index (χ3n) is 9.50. The van der Waals surface area contributed by atoms with Gasteiger partial charge in [0.2, 0.25) is 5.91 Å². The van der Waals surface area contributed by atoms with Crippen LogP contribution in [0.2, 0.25) is 0 Å². The van der Waals surface area contributed by atoms with E-state index >= 15 is 4.39 Å². The maximum absolute atomic E-state index is 16.0. The summed E-state index contributed by atoms with van der Waals surface area (Å²) in [4.78, 5) is 69.5. The zero-order valence-corrected chi connectivity index (χ0v) is 22.5. The van der Waals surface area contributed by atoms with Crippen molar-refractivity contribution in [3.05, 3.63) is 28.6 Å². The molecular formula is C28H34FN3O7. The van der Waals surface area contributed by atoms with E-state index in [9.17, 15) is 34.2 Å². The Balaban J connectivity index is 1.58. The Morgan fingerprint density at radius 3 is 2.44 bits per heavy atom. The number of phenolic OH excluding ortho intramolecular Hbond substituents is 1. The standard InChI is InChI=1S/C28H34FN3O7/c1-27(2)6-5-7-32(27)11-13-10-16(33)18-14(20(13)29)8-12-9-15-21(31(3)4)23(35)19(26(30)38)25(37)28(15,39)24(36)17(12)22(18)34/h10,12,15,17,19,21,33,39H,5-9,11H2,1-4H3,(H2,30,38)/t12-,15-,17?,19?,21-,28-/m0/s1. The molecule has 1 saturated heterocycles. The van der Waals surface area contributed by atoms with Crippen LogP contribution in [0.3, 0.4) is 0 Å². The van der Waals surface area contributed by atoms with E-state index in [1.165, 1.54) is 25.1 Å². The molecule has 3 aliphatic carbocycles. The molecule has 2 unspecified atom stereocenters. The number of benzene rings is 1. The highest BCUT2D eigenvalue weighted by atomic mass is 19.1. The number of halogens is 1. The molecule has 11 heteroatoms. The number of carbonyl (C=O) groups excluding carboxylic acids is 5. The molecular weight excluding hydrogens is 509 g/mol. The molecule has 2 saturated carbocycles. The van der Waals surface area contributed by atoms with Crippen LogP contribution in [0.1, 0.15) is 54.6 Å². The zero-order valence-electron chi connectivity index (χ0n) is 22.5. The highest BCUT2D eigenvalue weighted by Gasteiger charge is 2.69. The maximum atomic E-state index is 16.0. The molecule has 39 heavy (non-hydrogen) atoms. The summed E-state index contributed by atoms with van der Waals surface area (Å²) in [6.07, 6.45) is 1.69. The van der Waals surface area contributed by atoms with Gasteiger partial charge in [-0.3, -0.25) is 33.8 Å². The number of aromatic hydroxyl groups is 1. The highest BCUT2D eigenvalue weighted by Crippen LogP contribution is 2.51. The number of hydrogen-bond acceptors (Lipinski definition) is 9. The number of ketones is 4. The number of aliphatic hydroxyl groups is 1. The van der Waals surface area contributed by atoms with Crippen molar-refractivity contribution < 1.29 is 38.6 Å². The summed E-state index contributed by atoms with van der Waals surface area (Å²) in [5, 5.41) is 22.5. The van der Waals surface area contributed by atoms with Gasteiger partial charge in [-0.1, -0.05) is 0 Å². The number of carbonyl (C=O) groups is 5. The van der Waals surface area contributed by atoms with Gasteiger partial charge in [-0.2, -0.15) is 0 Å². The quantitative estimate of drug-likeness (QED) is 0.457. The average Bonchev–Trinajstić information content (AvgIpc) is 3.16. The van der Waals surface area contributed by atoms with Gasteiger partial charge in [-0.05, 0) is 72.2 Å². The largest absolute Gasteiger partial charge is 0.507 e. The summed E-state index contributed by atoms with van der Waals surface area (Å²) in [5.41, 5.74) is 2.28. The molecule has 1 aliphatic heterocycles. The van der Waals surface area contributed by atoms with Crippen LogP contribution in [-0.2, 0) is 32.1 Å². The van der Waals surface area contributed by atoms with Crippen LogP contribution in [0, 0.1) is 29.5 Å². The average molecular weight is 544 g/mol. The maximum Gasteiger partial charge on any atom is 0.235 e. The van der Waals surface area contributed by atoms with Crippen LogP contribution in [-0.4, -0.2) is 86.9 Å². The molecule has 0 spiro atoms. The van der Waals surface area contributed by atoms with Gasteiger partial charge in [-0.25, -0.2) is 4.39 Å². The molecule has 1 aromatic rings. The Bertz CT molecular complexity index is 1320. The molecule has 3 fully saturated rings. The Morgan fingerprint density at radius 2 is 1.87 bits per heavy atom. The van der Waals surface area contributed by atoms with Crippen LogP contribution in [0.4, 0.5) is 4.39 Å². The molecule has 0 bridgehead atoms. The number of hydrogen-bond donors (Lipinski definition) is 3. The minimum Gasteiger partial charge on any atom is -0.507 e. The fourth-order valence-corrected chi connectivity index (χ4v) is 7.48. The van der Waals surface area contributed by atoms with Crippen LogP contribution in [0.5, 0.6) is 5.75 Å². The van der Waals surface area contributed by atoms with E-state index in [1.807, 2.05) is 0 Å². The molecule has 10 nitrogen and oxygen atoms in total. The van der Waals surface area contributed by atoms with Crippen LogP contribution >= 0.6 is 0 Å². The van der Waals surface area contributed by atoms with E-state index < -0.39 is 75.9 Å². The highest BCUT2D eigenvalue weighted by molar-refractivity contribution is 6.32. The summed E-state index contributed by atoms with van der Waals surface area (Å²) in [5.74, 6) is -12.2. The lowest BCUT2D eigenvalue weighted by molar-refractivity contribution is -0.181. The predicted octanol–water partition coefficient (Wildman–Crippen LogP) is 0.381. The van der Waals surface area contributed by atoms with Gasteiger partial charge in [0.1, 0.15) is 11.6 Å². The third-order valence-corrected chi connectivity index (χ3v) is 9.50. The molecule has 4 aliphatic rings. The number of fused-ring (bicyclic) bond motifs is 3. The van der Waals surface area contributed by atoms with Crippen molar-refractivity contribution in [2.45, 2.75) is 63.3 Å². The lowest BCUT2D eigenvalue weighted by Gasteiger charge is -2.52. The number of nitrogens with two attached hydrogens (primary N) is 1. The Morgan fingerprint density at radius 1 is 1.21 bits per heavy atom. The topological polar surface area (TPSA) is 158 Å². The summed E-state index contributed by atoms with van der Waals surface area (Å²) < 4.78 is 16.0. The van der Waals surface area contributed by atoms with Gasteiger partial charge in [0.05, 0.1) is 17.5 Å². The first-order valence-electron chi connectivity index (χ1n) is 13.3. The Labute approximate surface area is 225 Å². The first-order chi connectivity index (χ1) is 18.1. The molecule has 1 aromatic carbocycles. The summed E-state index contributed by atoms with van der Waals surface area (Å²) >= 11 is 0. The SMILES string of the molecule is CN(C)[C@@H]1C(=O)C(C(N)=O)C(=O)[C@@]2(O)C(=O)C3C(=O)c4c(O)cc(CN5CCCC5(C)C)c(F)c4C[C@H]3C[C@@H]12. The first kappa shape index (κ1) is 27.5. The Hall–Kier alpha value is -3.02. The van der Waals surface area contributed by atoms with Crippen LogP contribution in [0.15, 0.2) is 6.07 Å². The van der Waals surface area contributed by atoms with Gasteiger partial charge in [0.15, 0.2) is 34.7 Å². The summed E-state index contributed by atoms with van der Waals surface area (Å²) in [6, 6.07) is 0.00917. The van der Waals surface area contributed by atoms with Crippen molar-refractivity contribution in [1.29, 1.82) is 0 Å². The molecule has 4 N–H and O–H groups in total. The van der Waals surface area contributed by atoms with Crippen molar-refractivity contribution in [3.63, 3.8) is 0 Å². The van der Waals surface area contributed by atoms with Crippen LogP contribution < -0.4 is 5.73 Å². The first-order valence-corrected chi connectivity index (χ1v) is 13.3. The van der Waals surface area contributed by atoms with Gasteiger partial charge >= 0.3 is 0 Å². The smallest absolute Gasteiger partial charge is 0.235 e. The fraction of sp³-hybridized carbons (Fsp3) is 0.607. The Kier molecular flexibility index (Phi) is 6.36. The third kappa shape index (κ3) is 3.81. The van der Waals surface area contributed by atoms with Crippen molar-refractivity contribution in [2.24, 2.45) is 29.4 Å². The monoisotopic (exact) mass is 543 g/mol. The van der Waals surface area contributed by atoms with E-state index in [-0.39, 0.29) is 41.6 Å². The number of amides is 1. The van der Waals surface area contributed by atoms with E-state index in [4.69, 9.17) is 5.73 Å². The second kappa shape index (κ2) is 9.00. The molecule has 1 amide bonds. The van der Waals surface area contributed by atoms with E-state index in [1.54, 1.807) is 0 Å². The molecule has 6 atom stereocenters. The predicted molar refractivity (Wildman–Crippen MR) is 135 cm³/mol. The lowest BCUT2D eigenvalue weighted by Crippen LogP contribution is -2.74. The number of nitrogens with zero attached hydrogens (tertiary/aromatic N) is 2. The molecule has 5 rings (SSSR count). The van der Waals surface area contributed by atoms with Gasteiger partial charge in [-0.15, -0.1) is 0 Å². The number of rotatable bonds is 4. The lowest BCUT2D eigenvalue weighted by atomic mass is 9.52. The minimum absolute atomic E-state index is 0.00336. The van der Waals surface area contributed by atoms with Gasteiger partial charge in [0.25, 0.3) is 0 Å². The number of primary amides is 1. The molecule has 0 radical (unpaired) electrons. The van der Waals surface area contributed by atoms with Crippen molar-refractivity contribution in [3.8, 4) is 5.75 Å². The summed E-state index contributed by atoms with van der Waals surface area (Å²) in [7, 11) is 3.02. The second-order valence-electron chi connectivity index (χ2n) is 12.3. The van der Waals surface area contributed by atoms with Crippen molar-refractivity contribution >= 4 is 29.0 Å². The van der Waals surface area contributed by atoms with E-state index in [2.05, 4.69) is 18.7 Å². The number of likely N-dealkylation sites (N-methyl/N-ethyl adjacent to an activating group) is 1.